The number of carbonyl (C=O) groups is 1. The van der Waals surface area contributed by atoms with Crippen molar-refractivity contribution in [2.75, 3.05) is 23.3 Å². The fraction of sp³-hybridized carbons (Fsp3) is 0.273. The molecule has 29 heavy (non-hydrogen) atoms. The quantitative estimate of drug-likeness (QED) is 0.495. The SMILES string of the molecule is Cc1c(N2CCCCC2)nc2ccc(Br)cc2c1C(=O)Nc1[c]c(Cl)cc(F)c1. The maximum Gasteiger partial charge on any atom is 0.256 e. The van der Waals surface area contributed by atoms with E-state index in [1.807, 2.05) is 25.1 Å². The summed E-state index contributed by atoms with van der Waals surface area (Å²) in [6.45, 7) is 3.75. The molecule has 2 aromatic carbocycles. The minimum absolute atomic E-state index is 0.105. The second-order valence-electron chi connectivity index (χ2n) is 7.16. The van der Waals surface area contributed by atoms with Crippen LogP contribution in [0.1, 0.15) is 35.2 Å². The van der Waals surface area contributed by atoms with Crippen molar-refractivity contribution in [3.05, 3.63) is 62.8 Å². The Kier molecular flexibility index (Phi) is 5.74. The maximum atomic E-state index is 13.7. The Bertz CT molecular complexity index is 1080. The Morgan fingerprint density at radius 2 is 2.00 bits per heavy atom. The van der Waals surface area contributed by atoms with E-state index in [-0.39, 0.29) is 16.6 Å². The molecule has 1 fully saturated rings. The highest BCUT2D eigenvalue weighted by Crippen LogP contribution is 2.32. The maximum absolute atomic E-state index is 13.7. The van der Waals surface area contributed by atoms with E-state index in [4.69, 9.17) is 16.6 Å². The summed E-state index contributed by atoms with van der Waals surface area (Å²) in [7, 11) is 0. The zero-order valence-electron chi connectivity index (χ0n) is 15.9. The molecule has 2 heterocycles. The molecule has 1 N–H and O–H groups in total. The topological polar surface area (TPSA) is 45.2 Å². The number of benzene rings is 2. The van der Waals surface area contributed by atoms with E-state index in [1.54, 1.807) is 0 Å². The summed E-state index contributed by atoms with van der Waals surface area (Å²) >= 11 is 9.36. The van der Waals surface area contributed by atoms with Gasteiger partial charge in [0, 0.05) is 34.6 Å². The Hall–Kier alpha value is -2.18. The lowest BCUT2D eigenvalue weighted by Crippen LogP contribution is -2.31. The van der Waals surface area contributed by atoms with Crippen molar-refractivity contribution in [3.63, 3.8) is 0 Å². The molecule has 0 spiro atoms. The summed E-state index contributed by atoms with van der Waals surface area (Å²) in [5.41, 5.74) is 2.26. The van der Waals surface area contributed by atoms with E-state index in [0.717, 1.165) is 58.8 Å². The van der Waals surface area contributed by atoms with E-state index < -0.39 is 5.82 Å². The molecule has 0 atom stereocenters. The summed E-state index contributed by atoms with van der Waals surface area (Å²) in [6.07, 6.45) is 3.43. The van der Waals surface area contributed by atoms with Crippen LogP contribution in [0.3, 0.4) is 0 Å². The van der Waals surface area contributed by atoms with Crippen molar-refractivity contribution in [2.24, 2.45) is 0 Å². The lowest BCUT2D eigenvalue weighted by atomic mass is 10.0. The summed E-state index contributed by atoms with van der Waals surface area (Å²) in [5.74, 6) is -0.0489. The summed E-state index contributed by atoms with van der Waals surface area (Å²) < 4.78 is 14.5. The number of hydrogen-bond donors (Lipinski definition) is 1. The molecule has 1 amide bonds. The molecule has 0 unspecified atom stereocenters. The summed E-state index contributed by atoms with van der Waals surface area (Å²) in [4.78, 5) is 20.4. The third-order valence-corrected chi connectivity index (χ3v) is 5.79. The molecule has 7 heteroatoms. The number of pyridine rings is 1. The summed E-state index contributed by atoms with van der Waals surface area (Å²) in [6, 6.07) is 10.8. The Balaban J connectivity index is 1.83. The third-order valence-electron chi connectivity index (χ3n) is 5.10. The van der Waals surface area contributed by atoms with Gasteiger partial charge >= 0.3 is 0 Å². The predicted octanol–water partition coefficient (Wildman–Crippen LogP) is 6.14. The number of aromatic nitrogens is 1. The van der Waals surface area contributed by atoms with Crippen molar-refractivity contribution in [3.8, 4) is 0 Å². The predicted molar refractivity (Wildman–Crippen MR) is 118 cm³/mol. The number of rotatable bonds is 3. The zero-order chi connectivity index (χ0) is 20.5. The van der Waals surface area contributed by atoms with Crippen LogP contribution in [-0.2, 0) is 0 Å². The Morgan fingerprint density at radius 3 is 2.72 bits per heavy atom. The average molecular weight is 476 g/mol. The van der Waals surface area contributed by atoms with Gasteiger partial charge < -0.3 is 10.2 Å². The monoisotopic (exact) mass is 474 g/mol. The smallest absolute Gasteiger partial charge is 0.256 e. The van der Waals surface area contributed by atoms with E-state index in [9.17, 15) is 9.18 Å². The van der Waals surface area contributed by atoms with Gasteiger partial charge in [-0.1, -0.05) is 27.5 Å². The van der Waals surface area contributed by atoms with Gasteiger partial charge in [-0.05, 0) is 56.5 Å². The molecule has 4 nitrogen and oxygen atoms in total. The van der Waals surface area contributed by atoms with E-state index in [0.29, 0.717) is 5.56 Å². The van der Waals surface area contributed by atoms with Gasteiger partial charge in [0.2, 0.25) is 0 Å². The second-order valence-corrected chi connectivity index (χ2v) is 8.48. The van der Waals surface area contributed by atoms with Crippen LogP contribution in [0.2, 0.25) is 5.02 Å². The zero-order valence-corrected chi connectivity index (χ0v) is 18.2. The van der Waals surface area contributed by atoms with Crippen LogP contribution in [0.4, 0.5) is 15.9 Å². The first-order valence-electron chi connectivity index (χ1n) is 9.47. The van der Waals surface area contributed by atoms with Gasteiger partial charge in [-0.25, -0.2) is 9.37 Å². The number of nitrogens with zero attached hydrogens (tertiary/aromatic N) is 2. The van der Waals surface area contributed by atoms with Crippen molar-refractivity contribution in [2.45, 2.75) is 26.2 Å². The molecule has 149 valence electrons. The first kappa shape index (κ1) is 20.1. The van der Waals surface area contributed by atoms with Gasteiger partial charge in [-0.3, -0.25) is 4.79 Å². The molecule has 1 aromatic heterocycles. The number of piperidine rings is 1. The van der Waals surface area contributed by atoms with Crippen LogP contribution in [-0.4, -0.2) is 24.0 Å². The normalized spacial score (nSPS) is 14.3. The van der Waals surface area contributed by atoms with Crippen molar-refractivity contribution < 1.29 is 9.18 Å². The van der Waals surface area contributed by atoms with Gasteiger partial charge in [-0.2, -0.15) is 0 Å². The van der Waals surface area contributed by atoms with Crippen molar-refractivity contribution >= 4 is 55.8 Å². The minimum Gasteiger partial charge on any atom is -0.356 e. The molecular weight excluding hydrogens is 457 g/mol. The molecule has 1 saturated heterocycles. The lowest BCUT2D eigenvalue weighted by Gasteiger charge is -2.30. The van der Waals surface area contributed by atoms with Crippen LogP contribution >= 0.6 is 27.5 Å². The standard InChI is InChI=1S/C22H19BrClFN3O/c1-13-20(22(29)26-17-11-15(24)10-16(25)12-17)18-9-14(23)5-6-19(18)27-21(13)28-7-3-2-4-8-28/h5-6,9-10,12H,2-4,7-8H2,1H3,(H,26,29). The minimum atomic E-state index is -0.530. The molecule has 3 aromatic rings. The summed E-state index contributed by atoms with van der Waals surface area (Å²) in [5, 5.41) is 3.58. The van der Waals surface area contributed by atoms with Gasteiger partial charge in [0.05, 0.1) is 21.8 Å². The number of halogens is 3. The molecule has 1 aliphatic heterocycles. The van der Waals surface area contributed by atoms with Crippen LogP contribution in [0.25, 0.3) is 10.9 Å². The van der Waals surface area contributed by atoms with Crippen LogP contribution < -0.4 is 10.2 Å². The van der Waals surface area contributed by atoms with E-state index in [1.165, 1.54) is 12.5 Å². The Labute approximate surface area is 182 Å². The number of amides is 1. The number of hydrogen-bond acceptors (Lipinski definition) is 3. The number of nitrogens with one attached hydrogen (secondary N) is 1. The lowest BCUT2D eigenvalue weighted by molar-refractivity contribution is 0.102. The van der Waals surface area contributed by atoms with Gasteiger partial charge in [-0.15, -0.1) is 0 Å². The molecule has 1 radical (unpaired) electrons. The first-order chi connectivity index (χ1) is 13.9. The molecular formula is C22H19BrClFN3O. The molecule has 0 saturated carbocycles. The average Bonchev–Trinajstić information content (AvgIpc) is 2.67. The number of fused-ring (bicyclic) bond motifs is 1. The first-order valence-corrected chi connectivity index (χ1v) is 10.6. The van der Waals surface area contributed by atoms with Crippen molar-refractivity contribution in [1.29, 1.82) is 0 Å². The highest BCUT2D eigenvalue weighted by Gasteiger charge is 2.23. The van der Waals surface area contributed by atoms with E-state index >= 15 is 0 Å². The largest absolute Gasteiger partial charge is 0.356 e. The van der Waals surface area contributed by atoms with Crippen LogP contribution in [0, 0.1) is 18.8 Å². The molecule has 4 rings (SSSR count). The van der Waals surface area contributed by atoms with Gasteiger partial charge in [0.1, 0.15) is 11.6 Å². The van der Waals surface area contributed by atoms with Crippen LogP contribution in [0.15, 0.2) is 34.8 Å². The molecule has 0 bridgehead atoms. The molecule has 1 aliphatic rings. The molecule has 0 aliphatic carbocycles. The van der Waals surface area contributed by atoms with Gasteiger partial charge in [0.25, 0.3) is 5.91 Å². The highest BCUT2D eigenvalue weighted by molar-refractivity contribution is 9.10. The van der Waals surface area contributed by atoms with Crippen LogP contribution in [0.5, 0.6) is 0 Å². The third kappa shape index (κ3) is 4.23. The number of carbonyl (C=O) groups excluding carboxylic acids is 1. The Morgan fingerprint density at radius 1 is 1.24 bits per heavy atom. The fourth-order valence-corrected chi connectivity index (χ4v) is 4.34. The van der Waals surface area contributed by atoms with E-state index in [2.05, 4.69) is 32.2 Å². The highest BCUT2D eigenvalue weighted by atomic mass is 79.9. The fourth-order valence-electron chi connectivity index (χ4n) is 3.78. The number of anilines is 2. The van der Waals surface area contributed by atoms with Gasteiger partial charge in [0.15, 0.2) is 0 Å². The van der Waals surface area contributed by atoms with Crippen molar-refractivity contribution in [1.82, 2.24) is 4.98 Å². The second kappa shape index (κ2) is 8.28.